The predicted octanol–water partition coefficient (Wildman–Crippen LogP) is 3.08. The van der Waals surface area contributed by atoms with Crippen LogP contribution in [0.4, 0.5) is 13.2 Å². The van der Waals surface area contributed by atoms with Crippen LogP contribution in [-0.2, 0) is 6.18 Å². The molecule has 0 fully saturated rings. The van der Waals surface area contributed by atoms with E-state index < -0.39 is 17.6 Å². The molecule has 2 aromatic heterocycles. The second kappa shape index (κ2) is 4.42. The van der Waals surface area contributed by atoms with Gasteiger partial charge in [-0.1, -0.05) is 13.8 Å². The van der Waals surface area contributed by atoms with Gasteiger partial charge in [0.2, 0.25) is 0 Å². The van der Waals surface area contributed by atoms with Crippen molar-refractivity contribution < 1.29 is 18.3 Å². The van der Waals surface area contributed by atoms with Gasteiger partial charge in [-0.2, -0.15) is 13.2 Å². The lowest BCUT2D eigenvalue weighted by Crippen LogP contribution is -2.05. The molecule has 2 aromatic rings. The summed E-state index contributed by atoms with van der Waals surface area (Å²) in [5.74, 6) is -0.479. The van der Waals surface area contributed by atoms with E-state index in [1.54, 1.807) is 0 Å². The number of nitrogens with zero attached hydrogens (tertiary/aromatic N) is 2. The van der Waals surface area contributed by atoms with Gasteiger partial charge in [0.1, 0.15) is 6.33 Å². The Bertz CT molecular complexity index is 476. The largest absolute Gasteiger partial charge is 0.494 e. The van der Waals surface area contributed by atoms with Gasteiger partial charge in [-0.05, 0) is 6.07 Å². The minimum absolute atomic E-state index is 0.206. The first-order valence-corrected chi connectivity index (χ1v) is 4.71. The molecule has 0 aromatic carbocycles. The molecule has 0 amide bonds. The summed E-state index contributed by atoms with van der Waals surface area (Å²) in [5.41, 5.74) is -0.680. The minimum atomic E-state index is -4.45. The summed E-state index contributed by atoms with van der Waals surface area (Å²) in [6.07, 6.45) is -1.97. The van der Waals surface area contributed by atoms with Gasteiger partial charge in [0.05, 0.1) is 17.3 Å². The topological polar surface area (TPSA) is 37.5 Å². The van der Waals surface area contributed by atoms with Crippen LogP contribution < -0.4 is 0 Å². The molecule has 0 unspecified atom stereocenters. The van der Waals surface area contributed by atoms with Gasteiger partial charge in [-0.25, -0.2) is 4.98 Å². The highest BCUT2D eigenvalue weighted by atomic mass is 19.4. The van der Waals surface area contributed by atoms with Crippen LogP contribution in [0.3, 0.4) is 0 Å². The van der Waals surface area contributed by atoms with Crippen LogP contribution in [0.5, 0.6) is 5.88 Å². The molecule has 0 radical (unpaired) electrons. The van der Waals surface area contributed by atoms with Crippen LogP contribution in [0.2, 0.25) is 0 Å². The van der Waals surface area contributed by atoms with Crippen molar-refractivity contribution in [3.05, 3.63) is 30.2 Å². The Morgan fingerprint density at radius 1 is 1.25 bits per heavy atom. The number of hydrogen-bond acceptors (Lipinski definition) is 2. The van der Waals surface area contributed by atoms with E-state index in [0.717, 1.165) is 10.5 Å². The third-order valence-electron chi connectivity index (χ3n) is 1.83. The van der Waals surface area contributed by atoms with Crippen molar-refractivity contribution in [2.45, 2.75) is 20.0 Å². The quantitative estimate of drug-likeness (QED) is 0.757. The molecule has 3 nitrogen and oxygen atoms in total. The molecule has 0 bridgehead atoms. The molecule has 1 N–H and O–H groups in total. The number of alkyl halides is 3. The molecule has 88 valence electrons. The maximum Gasteiger partial charge on any atom is 0.416 e. The van der Waals surface area contributed by atoms with E-state index in [4.69, 9.17) is 0 Å². The molecular formula is C10H11F3N2O. The fourth-order valence-corrected chi connectivity index (χ4v) is 1.18. The number of pyridine rings is 1. The third kappa shape index (κ3) is 2.26. The monoisotopic (exact) mass is 232 g/mol. The van der Waals surface area contributed by atoms with Crippen molar-refractivity contribution in [3.8, 4) is 5.88 Å². The van der Waals surface area contributed by atoms with Gasteiger partial charge < -0.3 is 5.11 Å². The average Bonchev–Trinajstić information content (AvgIpc) is 2.68. The molecule has 2 heterocycles. The summed E-state index contributed by atoms with van der Waals surface area (Å²) in [6, 6.07) is 1.58. The standard InChI is InChI=1S/C8H5F3N2O.C2H6/c9-8(10,11)5-1-6-3-12-4-13(6)7(14)2-5;1-2/h1-4,14H;1-2H3. The summed E-state index contributed by atoms with van der Waals surface area (Å²) < 4.78 is 37.9. The number of fused-ring (bicyclic) bond motifs is 1. The zero-order valence-electron chi connectivity index (χ0n) is 8.78. The van der Waals surface area contributed by atoms with E-state index in [9.17, 15) is 18.3 Å². The number of rotatable bonds is 0. The molecule has 0 saturated carbocycles. The first-order valence-electron chi connectivity index (χ1n) is 4.71. The summed E-state index contributed by atoms with van der Waals surface area (Å²) in [6.45, 7) is 4.00. The smallest absolute Gasteiger partial charge is 0.416 e. The Morgan fingerprint density at radius 3 is 2.44 bits per heavy atom. The molecule has 0 aliphatic carbocycles. The Balaban J connectivity index is 0.000000606. The second-order valence-corrected chi connectivity index (χ2v) is 2.79. The molecule has 0 aliphatic rings. The van der Waals surface area contributed by atoms with E-state index in [2.05, 4.69) is 4.98 Å². The second-order valence-electron chi connectivity index (χ2n) is 2.79. The summed E-state index contributed by atoms with van der Waals surface area (Å²) >= 11 is 0. The zero-order chi connectivity index (χ0) is 12.3. The normalized spacial score (nSPS) is 11.1. The fraction of sp³-hybridized carbons (Fsp3) is 0.300. The van der Waals surface area contributed by atoms with Crippen molar-refractivity contribution in [3.63, 3.8) is 0 Å². The molecule has 0 spiro atoms. The van der Waals surface area contributed by atoms with Crippen LogP contribution in [0.15, 0.2) is 24.7 Å². The molecule has 6 heteroatoms. The van der Waals surface area contributed by atoms with Gasteiger partial charge in [0.15, 0.2) is 5.88 Å². The lowest BCUT2D eigenvalue weighted by atomic mass is 10.2. The third-order valence-corrected chi connectivity index (χ3v) is 1.83. The van der Waals surface area contributed by atoms with E-state index in [-0.39, 0.29) is 5.52 Å². The summed E-state index contributed by atoms with van der Waals surface area (Å²) in [4.78, 5) is 3.62. The van der Waals surface area contributed by atoms with E-state index in [1.165, 1.54) is 12.5 Å². The van der Waals surface area contributed by atoms with Crippen LogP contribution in [-0.4, -0.2) is 14.5 Å². The number of aromatic hydroxyl groups is 1. The van der Waals surface area contributed by atoms with Gasteiger partial charge >= 0.3 is 6.18 Å². The number of aromatic nitrogens is 2. The van der Waals surface area contributed by atoms with Crippen molar-refractivity contribution in [1.82, 2.24) is 9.38 Å². The lowest BCUT2D eigenvalue weighted by molar-refractivity contribution is -0.137. The predicted molar refractivity (Wildman–Crippen MR) is 53.2 cm³/mol. The highest BCUT2D eigenvalue weighted by Gasteiger charge is 2.31. The van der Waals surface area contributed by atoms with Crippen LogP contribution in [0, 0.1) is 0 Å². The summed E-state index contributed by atoms with van der Waals surface area (Å²) in [7, 11) is 0. The van der Waals surface area contributed by atoms with Gasteiger partial charge in [0, 0.05) is 6.07 Å². The Hall–Kier alpha value is -1.72. The summed E-state index contributed by atoms with van der Waals surface area (Å²) in [5, 5.41) is 9.23. The Morgan fingerprint density at radius 2 is 1.88 bits per heavy atom. The highest BCUT2D eigenvalue weighted by Crippen LogP contribution is 2.32. The van der Waals surface area contributed by atoms with Crippen molar-refractivity contribution in [1.29, 1.82) is 0 Å². The molecule has 2 rings (SSSR count). The van der Waals surface area contributed by atoms with Crippen LogP contribution in [0.25, 0.3) is 5.52 Å². The van der Waals surface area contributed by atoms with E-state index in [0.29, 0.717) is 6.07 Å². The number of halogens is 3. The molecular weight excluding hydrogens is 221 g/mol. The van der Waals surface area contributed by atoms with Crippen LogP contribution in [0.1, 0.15) is 19.4 Å². The average molecular weight is 232 g/mol. The molecule has 16 heavy (non-hydrogen) atoms. The van der Waals surface area contributed by atoms with Crippen LogP contribution >= 0.6 is 0 Å². The SMILES string of the molecule is CC.Oc1cc(C(F)(F)F)cc2cncn12. The van der Waals surface area contributed by atoms with E-state index in [1.807, 2.05) is 13.8 Å². The molecule has 0 atom stereocenters. The first-order chi connectivity index (χ1) is 7.48. The molecule has 0 aliphatic heterocycles. The first kappa shape index (κ1) is 12.4. The van der Waals surface area contributed by atoms with Crippen molar-refractivity contribution in [2.24, 2.45) is 0 Å². The zero-order valence-corrected chi connectivity index (χ0v) is 8.78. The van der Waals surface area contributed by atoms with Gasteiger partial charge in [0.25, 0.3) is 0 Å². The van der Waals surface area contributed by atoms with Gasteiger partial charge in [-0.15, -0.1) is 0 Å². The maximum absolute atomic E-state index is 12.3. The highest BCUT2D eigenvalue weighted by molar-refractivity contribution is 5.50. The maximum atomic E-state index is 12.3. The Labute approximate surface area is 90.2 Å². The molecule has 0 saturated heterocycles. The van der Waals surface area contributed by atoms with Crippen molar-refractivity contribution in [2.75, 3.05) is 0 Å². The van der Waals surface area contributed by atoms with Gasteiger partial charge in [-0.3, -0.25) is 4.40 Å². The fourth-order valence-electron chi connectivity index (χ4n) is 1.18. The number of imidazole rings is 1. The number of hydrogen-bond donors (Lipinski definition) is 1. The minimum Gasteiger partial charge on any atom is -0.494 e. The Kier molecular flexibility index (Phi) is 3.41. The van der Waals surface area contributed by atoms with Crippen molar-refractivity contribution >= 4 is 5.52 Å². The van der Waals surface area contributed by atoms with E-state index >= 15 is 0 Å². The lowest BCUT2D eigenvalue weighted by Gasteiger charge is -2.07.